The van der Waals surface area contributed by atoms with Crippen LogP contribution in [0.25, 0.3) is 16.6 Å². The molecule has 8 nitrogen and oxygen atoms in total. The Bertz CT molecular complexity index is 931. The fourth-order valence-electron chi connectivity index (χ4n) is 3.62. The van der Waals surface area contributed by atoms with Crippen LogP contribution in [0.15, 0.2) is 18.5 Å². The van der Waals surface area contributed by atoms with Crippen molar-refractivity contribution in [2.75, 3.05) is 27.3 Å². The van der Waals surface area contributed by atoms with Gasteiger partial charge in [0.1, 0.15) is 6.33 Å². The van der Waals surface area contributed by atoms with Gasteiger partial charge in [-0.25, -0.2) is 4.98 Å². The van der Waals surface area contributed by atoms with E-state index in [1.165, 1.54) is 0 Å². The molecule has 2 atom stereocenters. The summed E-state index contributed by atoms with van der Waals surface area (Å²) in [5.41, 5.74) is 1.56. The summed E-state index contributed by atoms with van der Waals surface area (Å²) >= 11 is 0. The number of methoxy groups -OCH3 is 2. The molecule has 1 saturated heterocycles. The van der Waals surface area contributed by atoms with Gasteiger partial charge in [-0.3, -0.25) is 9.30 Å². The molecule has 1 aliphatic rings. The standard InChI is InChI=1S/C18H23N5O3/c1-11-7-22(8-12(2)26-11)9-17-20-21-18-13-5-15(24-3)16(25-4)6-14(13)19-10-23(17)18/h5-6,10-12H,7-9H2,1-4H3/t11-,12-/m1/s1. The fraction of sp³-hybridized carbons (Fsp3) is 0.500. The molecule has 3 heterocycles. The van der Waals surface area contributed by atoms with Crippen LogP contribution in [0, 0.1) is 0 Å². The van der Waals surface area contributed by atoms with Crippen molar-refractivity contribution in [2.45, 2.75) is 32.6 Å². The van der Waals surface area contributed by atoms with Gasteiger partial charge in [0.25, 0.3) is 0 Å². The number of nitrogens with zero attached hydrogens (tertiary/aromatic N) is 5. The third kappa shape index (κ3) is 2.95. The summed E-state index contributed by atoms with van der Waals surface area (Å²) in [6.45, 7) is 6.66. The molecule has 0 saturated carbocycles. The lowest BCUT2D eigenvalue weighted by molar-refractivity contribution is -0.0711. The molecule has 26 heavy (non-hydrogen) atoms. The Kier molecular flexibility index (Phi) is 4.37. The van der Waals surface area contributed by atoms with Crippen LogP contribution in [-0.4, -0.2) is 64.0 Å². The quantitative estimate of drug-likeness (QED) is 0.706. The Labute approximate surface area is 151 Å². The first-order chi connectivity index (χ1) is 12.6. The average Bonchev–Trinajstić information content (AvgIpc) is 3.02. The number of ether oxygens (including phenoxy) is 3. The zero-order chi connectivity index (χ0) is 18.3. The van der Waals surface area contributed by atoms with Gasteiger partial charge in [0.2, 0.25) is 0 Å². The Hall–Kier alpha value is -2.45. The molecule has 3 aromatic rings. The van der Waals surface area contributed by atoms with Crippen molar-refractivity contribution in [3.8, 4) is 11.5 Å². The van der Waals surface area contributed by atoms with E-state index in [1.54, 1.807) is 20.5 Å². The first-order valence-corrected chi connectivity index (χ1v) is 8.71. The molecule has 0 amide bonds. The zero-order valence-electron chi connectivity index (χ0n) is 15.5. The number of morpholine rings is 1. The first-order valence-electron chi connectivity index (χ1n) is 8.71. The number of fused-ring (bicyclic) bond motifs is 3. The van der Waals surface area contributed by atoms with Gasteiger partial charge in [-0.2, -0.15) is 0 Å². The number of hydrogen-bond acceptors (Lipinski definition) is 7. The fourth-order valence-corrected chi connectivity index (χ4v) is 3.62. The molecule has 0 unspecified atom stereocenters. The molecule has 2 aromatic heterocycles. The molecule has 1 aromatic carbocycles. The SMILES string of the molecule is COc1cc2ncn3c(CN4C[C@@H](C)O[C@H](C)C4)nnc3c2cc1OC. The van der Waals surface area contributed by atoms with Gasteiger partial charge in [-0.05, 0) is 19.9 Å². The summed E-state index contributed by atoms with van der Waals surface area (Å²) in [7, 11) is 3.23. The van der Waals surface area contributed by atoms with E-state index in [-0.39, 0.29) is 12.2 Å². The van der Waals surface area contributed by atoms with Crippen LogP contribution in [0.2, 0.25) is 0 Å². The van der Waals surface area contributed by atoms with Crippen molar-refractivity contribution in [3.63, 3.8) is 0 Å². The van der Waals surface area contributed by atoms with E-state index in [2.05, 4.69) is 33.9 Å². The van der Waals surface area contributed by atoms with Crippen molar-refractivity contribution >= 4 is 16.6 Å². The van der Waals surface area contributed by atoms with E-state index in [4.69, 9.17) is 14.2 Å². The molecule has 0 radical (unpaired) electrons. The molecule has 8 heteroatoms. The Morgan fingerprint density at radius 3 is 2.46 bits per heavy atom. The van der Waals surface area contributed by atoms with Crippen molar-refractivity contribution in [1.82, 2.24) is 24.5 Å². The van der Waals surface area contributed by atoms with E-state index >= 15 is 0 Å². The van der Waals surface area contributed by atoms with E-state index < -0.39 is 0 Å². The van der Waals surface area contributed by atoms with Crippen LogP contribution < -0.4 is 9.47 Å². The highest BCUT2D eigenvalue weighted by Gasteiger charge is 2.24. The van der Waals surface area contributed by atoms with Crippen LogP contribution in [0.1, 0.15) is 19.7 Å². The second-order valence-corrected chi connectivity index (χ2v) is 6.73. The topological polar surface area (TPSA) is 74.0 Å². The normalized spacial score (nSPS) is 21.4. The number of aromatic nitrogens is 4. The van der Waals surface area contributed by atoms with Crippen molar-refractivity contribution < 1.29 is 14.2 Å². The predicted molar refractivity (Wildman–Crippen MR) is 96.7 cm³/mol. The molecule has 0 aliphatic carbocycles. The maximum Gasteiger partial charge on any atom is 0.171 e. The van der Waals surface area contributed by atoms with Gasteiger partial charge in [0.05, 0.1) is 38.5 Å². The second-order valence-electron chi connectivity index (χ2n) is 6.73. The molecule has 0 bridgehead atoms. The van der Waals surface area contributed by atoms with Gasteiger partial charge in [0.15, 0.2) is 23.0 Å². The lowest BCUT2D eigenvalue weighted by Gasteiger charge is -2.34. The average molecular weight is 357 g/mol. The van der Waals surface area contributed by atoms with Crippen LogP contribution in [0.3, 0.4) is 0 Å². The minimum atomic E-state index is 0.216. The number of rotatable bonds is 4. The van der Waals surface area contributed by atoms with Crippen molar-refractivity contribution in [3.05, 3.63) is 24.3 Å². The third-order valence-electron chi connectivity index (χ3n) is 4.68. The van der Waals surface area contributed by atoms with Crippen LogP contribution in [0.4, 0.5) is 0 Å². The molecule has 138 valence electrons. The maximum atomic E-state index is 5.81. The molecule has 1 aliphatic heterocycles. The summed E-state index contributed by atoms with van der Waals surface area (Å²) in [6.07, 6.45) is 2.20. The Morgan fingerprint density at radius 1 is 1.08 bits per heavy atom. The summed E-state index contributed by atoms with van der Waals surface area (Å²) < 4.78 is 18.5. The molecule has 0 N–H and O–H groups in total. The molecular weight excluding hydrogens is 334 g/mol. The highest BCUT2D eigenvalue weighted by molar-refractivity contribution is 5.93. The molecule has 4 rings (SSSR count). The minimum Gasteiger partial charge on any atom is -0.493 e. The van der Waals surface area contributed by atoms with E-state index in [9.17, 15) is 0 Å². The van der Waals surface area contributed by atoms with Crippen LogP contribution >= 0.6 is 0 Å². The van der Waals surface area contributed by atoms with Crippen molar-refractivity contribution in [1.29, 1.82) is 0 Å². The highest BCUT2D eigenvalue weighted by atomic mass is 16.5. The zero-order valence-corrected chi connectivity index (χ0v) is 15.5. The number of benzene rings is 1. The Balaban J connectivity index is 1.73. The van der Waals surface area contributed by atoms with E-state index in [0.29, 0.717) is 18.0 Å². The van der Waals surface area contributed by atoms with Crippen LogP contribution in [-0.2, 0) is 11.3 Å². The second kappa shape index (κ2) is 6.69. The smallest absolute Gasteiger partial charge is 0.171 e. The van der Waals surface area contributed by atoms with Crippen LogP contribution in [0.5, 0.6) is 11.5 Å². The van der Waals surface area contributed by atoms with E-state index in [1.807, 2.05) is 16.5 Å². The summed E-state index contributed by atoms with van der Waals surface area (Å²) in [4.78, 5) is 6.89. The lowest BCUT2D eigenvalue weighted by Crippen LogP contribution is -2.45. The summed E-state index contributed by atoms with van der Waals surface area (Å²) in [5, 5.41) is 9.69. The van der Waals surface area contributed by atoms with Crippen molar-refractivity contribution in [2.24, 2.45) is 0 Å². The predicted octanol–water partition coefficient (Wildman–Crippen LogP) is 1.90. The first kappa shape index (κ1) is 17.0. The van der Waals surface area contributed by atoms with E-state index in [0.717, 1.165) is 35.5 Å². The highest BCUT2D eigenvalue weighted by Crippen LogP contribution is 2.32. The molecule has 1 fully saturated rings. The lowest BCUT2D eigenvalue weighted by atomic mass is 10.2. The largest absolute Gasteiger partial charge is 0.493 e. The number of hydrogen-bond donors (Lipinski definition) is 0. The molecular formula is C18H23N5O3. The van der Waals surface area contributed by atoms with Gasteiger partial charge in [-0.15, -0.1) is 10.2 Å². The maximum absolute atomic E-state index is 5.81. The summed E-state index contributed by atoms with van der Waals surface area (Å²) in [5.74, 6) is 2.16. The van der Waals surface area contributed by atoms with Gasteiger partial charge in [0, 0.05) is 24.5 Å². The minimum absolute atomic E-state index is 0.216. The monoisotopic (exact) mass is 357 g/mol. The van der Waals surface area contributed by atoms with Gasteiger partial charge < -0.3 is 14.2 Å². The van der Waals surface area contributed by atoms with Gasteiger partial charge in [-0.1, -0.05) is 0 Å². The third-order valence-corrected chi connectivity index (χ3v) is 4.68. The summed E-state index contributed by atoms with van der Waals surface area (Å²) in [6, 6.07) is 3.75. The van der Waals surface area contributed by atoms with Gasteiger partial charge >= 0.3 is 0 Å². The molecule has 0 spiro atoms. The Morgan fingerprint density at radius 2 is 1.77 bits per heavy atom.